The van der Waals surface area contributed by atoms with Crippen LogP contribution < -0.4 is 5.32 Å². The molecule has 0 aromatic heterocycles. The molecule has 0 aromatic carbocycles. The molecule has 1 aliphatic rings. The molecule has 0 saturated carbocycles. The molecule has 0 aliphatic carbocycles. The minimum absolute atomic E-state index is 0.153. The van der Waals surface area contributed by atoms with E-state index in [0.717, 1.165) is 0 Å². The van der Waals surface area contributed by atoms with Crippen LogP contribution >= 0.6 is 0 Å². The number of rotatable bonds is 5. The molecular weight excluding hydrogens is 256 g/mol. The van der Waals surface area contributed by atoms with Gasteiger partial charge in [-0.05, 0) is 6.92 Å². The van der Waals surface area contributed by atoms with Crippen molar-refractivity contribution < 1.29 is 29.6 Å². The molecule has 8 nitrogen and oxygen atoms in total. The van der Waals surface area contributed by atoms with Gasteiger partial charge >= 0.3 is 12.0 Å². The zero-order valence-electron chi connectivity index (χ0n) is 10.8. The number of morpholine rings is 1. The summed E-state index contributed by atoms with van der Waals surface area (Å²) in [5.41, 5.74) is -1.50. The molecule has 2 atom stereocenters. The molecule has 0 bridgehead atoms. The summed E-state index contributed by atoms with van der Waals surface area (Å²) >= 11 is 0. The maximum absolute atomic E-state index is 11.8. The topological polar surface area (TPSA) is 119 Å². The minimum atomic E-state index is -1.50. The average molecular weight is 276 g/mol. The highest BCUT2D eigenvalue weighted by atomic mass is 16.5. The molecular formula is C11H20N2O6. The number of carbonyl (C=O) groups is 2. The maximum Gasteiger partial charge on any atom is 0.317 e. The van der Waals surface area contributed by atoms with Gasteiger partial charge in [-0.3, -0.25) is 4.79 Å². The van der Waals surface area contributed by atoms with E-state index in [9.17, 15) is 14.7 Å². The van der Waals surface area contributed by atoms with Crippen molar-refractivity contribution in [3.8, 4) is 0 Å². The van der Waals surface area contributed by atoms with E-state index in [-0.39, 0.29) is 19.7 Å². The summed E-state index contributed by atoms with van der Waals surface area (Å²) in [6.07, 6.45) is -0.852. The number of aliphatic hydroxyl groups excluding tert-OH is 1. The van der Waals surface area contributed by atoms with Gasteiger partial charge in [0, 0.05) is 13.1 Å². The second-order valence-electron chi connectivity index (χ2n) is 4.85. The van der Waals surface area contributed by atoms with Crippen LogP contribution in [0.5, 0.6) is 0 Å². The second kappa shape index (κ2) is 6.69. The summed E-state index contributed by atoms with van der Waals surface area (Å²) in [7, 11) is 0. The predicted molar refractivity (Wildman–Crippen MR) is 64.7 cm³/mol. The quantitative estimate of drug-likeness (QED) is 0.491. The first kappa shape index (κ1) is 15.7. The Kier molecular flexibility index (Phi) is 5.52. The Morgan fingerprint density at radius 1 is 1.53 bits per heavy atom. The van der Waals surface area contributed by atoms with Gasteiger partial charge in [0.1, 0.15) is 0 Å². The molecule has 4 N–H and O–H groups in total. The first-order chi connectivity index (χ1) is 8.84. The summed E-state index contributed by atoms with van der Waals surface area (Å²) in [5.74, 6) is -1.13. The molecule has 0 spiro atoms. The van der Waals surface area contributed by atoms with Gasteiger partial charge in [0.2, 0.25) is 0 Å². The monoisotopic (exact) mass is 276 g/mol. The van der Waals surface area contributed by atoms with Crippen molar-refractivity contribution in [3.05, 3.63) is 0 Å². The summed E-state index contributed by atoms with van der Waals surface area (Å²) in [5, 5.41) is 29.8. The lowest BCUT2D eigenvalue weighted by Gasteiger charge is -2.33. The molecule has 110 valence electrons. The Hall–Kier alpha value is -1.38. The predicted octanol–water partition coefficient (Wildman–Crippen LogP) is -1.39. The SMILES string of the molecule is CC(O)(CNC(=O)N1CCOC(CO)C1)CC(=O)O. The van der Waals surface area contributed by atoms with Crippen molar-refractivity contribution in [1.82, 2.24) is 10.2 Å². The van der Waals surface area contributed by atoms with Crippen LogP contribution in [0.4, 0.5) is 4.79 Å². The Labute approximate surface area is 111 Å². The smallest absolute Gasteiger partial charge is 0.317 e. The molecule has 1 heterocycles. The normalized spacial score (nSPS) is 22.7. The van der Waals surface area contributed by atoms with E-state index in [2.05, 4.69) is 5.32 Å². The number of carbonyl (C=O) groups excluding carboxylic acids is 1. The average Bonchev–Trinajstić information content (AvgIpc) is 2.34. The van der Waals surface area contributed by atoms with Crippen molar-refractivity contribution in [2.24, 2.45) is 0 Å². The van der Waals surface area contributed by atoms with E-state index in [1.807, 2.05) is 0 Å². The Morgan fingerprint density at radius 2 is 2.21 bits per heavy atom. The van der Waals surface area contributed by atoms with Crippen molar-refractivity contribution in [2.75, 3.05) is 32.8 Å². The summed E-state index contributed by atoms with van der Waals surface area (Å²) in [6.45, 7) is 2.02. The van der Waals surface area contributed by atoms with E-state index >= 15 is 0 Å². The van der Waals surface area contributed by atoms with Crippen LogP contribution in [-0.2, 0) is 9.53 Å². The number of carboxylic acids is 1. The number of hydrogen-bond acceptors (Lipinski definition) is 5. The third-order valence-electron chi connectivity index (χ3n) is 2.78. The fourth-order valence-corrected chi connectivity index (χ4v) is 1.78. The van der Waals surface area contributed by atoms with Gasteiger partial charge in [-0.1, -0.05) is 0 Å². The van der Waals surface area contributed by atoms with Gasteiger partial charge in [-0.25, -0.2) is 4.79 Å². The van der Waals surface area contributed by atoms with Crippen LogP contribution in [0.15, 0.2) is 0 Å². The van der Waals surface area contributed by atoms with Crippen molar-refractivity contribution >= 4 is 12.0 Å². The fourth-order valence-electron chi connectivity index (χ4n) is 1.78. The molecule has 19 heavy (non-hydrogen) atoms. The number of carboxylic acid groups (broad SMARTS) is 1. The molecule has 0 radical (unpaired) electrons. The van der Waals surface area contributed by atoms with Crippen LogP contribution in [0.1, 0.15) is 13.3 Å². The number of nitrogens with one attached hydrogen (secondary N) is 1. The molecule has 0 aromatic rings. The Balaban J connectivity index is 2.40. The zero-order chi connectivity index (χ0) is 14.5. The number of urea groups is 1. The van der Waals surface area contributed by atoms with Crippen LogP contribution in [-0.4, -0.2) is 76.8 Å². The standard InChI is InChI=1S/C11H20N2O6/c1-11(18,4-9(15)16)7-12-10(17)13-2-3-19-8(5-13)6-14/h8,14,18H,2-7H2,1H3,(H,12,17)(H,15,16). The van der Waals surface area contributed by atoms with Crippen LogP contribution in [0.25, 0.3) is 0 Å². The largest absolute Gasteiger partial charge is 0.481 e. The maximum atomic E-state index is 11.8. The minimum Gasteiger partial charge on any atom is -0.481 e. The second-order valence-corrected chi connectivity index (χ2v) is 4.85. The number of aliphatic carboxylic acids is 1. The summed E-state index contributed by atoms with van der Waals surface area (Å²) < 4.78 is 5.21. The highest BCUT2D eigenvalue weighted by molar-refractivity contribution is 5.74. The van der Waals surface area contributed by atoms with Crippen LogP contribution in [0, 0.1) is 0 Å². The highest BCUT2D eigenvalue weighted by Gasteiger charge is 2.28. The lowest BCUT2D eigenvalue weighted by Crippen LogP contribution is -2.53. The van der Waals surface area contributed by atoms with E-state index < -0.39 is 30.1 Å². The number of hydrogen-bond donors (Lipinski definition) is 4. The molecule has 1 fully saturated rings. The van der Waals surface area contributed by atoms with Gasteiger partial charge in [-0.2, -0.15) is 0 Å². The van der Waals surface area contributed by atoms with Crippen molar-refractivity contribution in [3.63, 3.8) is 0 Å². The number of aliphatic hydroxyl groups is 2. The van der Waals surface area contributed by atoms with Gasteiger partial charge in [0.05, 0.1) is 37.9 Å². The number of amides is 2. The Bertz CT molecular complexity index is 333. The number of nitrogens with zero attached hydrogens (tertiary/aromatic N) is 1. The van der Waals surface area contributed by atoms with Crippen molar-refractivity contribution in [2.45, 2.75) is 25.0 Å². The van der Waals surface area contributed by atoms with Gasteiger partial charge in [-0.15, -0.1) is 0 Å². The first-order valence-corrected chi connectivity index (χ1v) is 6.03. The van der Waals surface area contributed by atoms with E-state index in [0.29, 0.717) is 13.2 Å². The number of ether oxygens (including phenoxy) is 1. The van der Waals surface area contributed by atoms with E-state index in [4.69, 9.17) is 14.9 Å². The molecule has 1 aliphatic heterocycles. The third-order valence-corrected chi connectivity index (χ3v) is 2.78. The fraction of sp³-hybridized carbons (Fsp3) is 0.818. The summed E-state index contributed by atoms with van der Waals surface area (Å²) in [6, 6.07) is -0.410. The lowest BCUT2D eigenvalue weighted by atomic mass is 10.0. The van der Waals surface area contributed by atoms with Gasteiger partial charge in [0.25, 0.3) is 0 Å². The first-order valence-electron chi connectivity index (χ1n) is 6.03. The van der Waals surface area contributed by atoms with Gasteiger partial charge < -0.3 is 30.3 Å². The Morgan fingerprint density at radius 3 is 2.79 bits per heavy atom. The molecule has 1 rings (SSSR count). The molecule has 2 unspecified atom stereocenters. The summed E-state index contributed by atoms with van der Waals surface area (Å²) in [4.78, 5) is 23.8. The van der Waals surface area contributed by atoms with Gasteiger partial charge in [0.15, 0.2) is 0 Å². The lowest BCUT2D eigenvalue weighted by molar-refractivity contribution is -0.141. The van der Waals surface area contributed by atoms with Crippen LogP contribution in [0.2, 0.25) is 0 Å². The third kappa shape index (κ3) is 5.41. The highest BCUT2D eigenvalue weighted by Crippen LogP contribution is 2.09. The molecule has 1 saturated heterocycles. The van der Waals surface area contributed by atoms with E-state index in [1.165, 1.54) is 11.8 Å². The van der Waals surface area contributed by atoms with Crippen molar-refractivity contribution in [1.29, 1.82) is 0 Å². The zero-order valence-corrected chi connectivity index (χ0v) is 10.8. The van der Waals surface area contributed by atoms with E-state index in [1.54, 1.807) is 0 Å². The molecule has 2 amide bonds. The van der Waals surface area contributed by atoms with Crippen LogP contribution in [0.3, 0.4) is 0 Å². The molecule has 8 heteroatoms.